The highest BCUT2D eigenvalue weighted by atomic mass is 35.5. The van der Waals surface area contributed by atoms with Crippen LogP contribution >= 0.6 is 11.6 Å². The van der Waals surface area contributed by atoms with Crippen LogP contribution < -0.4 is 19.5 Å². The summed E-state index contributed by atoms with van der Waals surface area (Å²) in [6.45, 7) is 0.231. The summed E-state index contributed by atoms with van der Waals surface area (Å²) in [5, 5.41) is 0.444. The van der Waals surface area contributed by atoms with Gasteiger partial charge in [0.25, 0.3) is 10.0 Å². The van der Waals surface area contributed by atoms with Gasteiger partial charge in [-0.15, -0.1) is 0 Å². The highest BCUT2D eigenvalue weighted by Gasteiger charge is 2.28. The molecule has 2 aromatic carbocycles. The van der Waals surface area contributed by atoms with Crippen molar-refractivity contribution in [3.05, 3.63) is 47.5 Å². The number of nitrogens with two attached hydrogens (primary N) is 1. The molecule has 0 radical (unpaired) electrons. The number of ether oxygens (including phenoxy) is 2. The zero-order chi connectivity index (χ0) is 18.0. The van der Waals surface area contributed by atoms with Crippen LogP contribution in [0.4, 0.5) is 5.69 Å². The predicted molar refractivity (Wildman–Crippen MR) is 92.6 cm³/mol. The molecule has 0 saturated carbocycles. The van der Waals surface area contributed by atoms with Gasteiger partial charge in [0.15, 0.2) is 11.5 Å². The minimum absolute atomic E-state index is 0.0343. The van der Waals surface area contributed by atoms with Crippen molar-refractivity contribution in [3.63, 3.8) is 0 Å². The maximum absolute atomic E-state index is 13.0. The van der Waals surface area contributed by atoms with E-state index < -0.39 is 22.5 Å². The number of benzene rings is 2. The molecule has 1 aliphatic rings. The number of amides is 1. The number of hydrogen-bond acceptors (Lipinski definition) is 5. The Morgan fingerprint density at radius 3 is 2.36 bits per heavy atom. The van der Waals surface area contributed by atoms with E-state index >= 15 is 0 Å². The van der Waals surface area contributed by atoms with Crippen LogP contribution in [-0.4, -0.2) is 34.1 Å². The third-order valence-electron chi connectivity index (χ3n) is 3.52. The molecule has 3 rings (SSSR count). The number of carbonyl (C=O) groups is 1. The molecule has 7 nitrogen and oxygen atoms in total. The van der Waals surface area contributed by atoms with Gasteiger partial charge in [-0.1, -0.05) is 11.6 Å². The van der Waals surface area contributed by atoms with Gasteiger partial charge in [-0.25, -0.2) is 8.42 Å². The number of carbonyl (C=O) groups excluding carboxylic acids is 1. The average molecular weight is 383 g/mol. The minimum atomic E-state index is -4.04. The molecule has 0 spiro atoms. The third-order valence-corrected chi connectivity index (χ3v) is 5.54. The molecule has 1 aliphatic heterocycles. The second-order valence-corrected chi connectivity index (χ2v) is 7.56. The van der Waals surface area contributed by atoms with E-state index in [2.05, 4.69) is 0 Å². The van der Waals surface area contributed by atoms with Gasteiger partial charge in [0, 0.05) is 11.1 Å². The van der Waals surface area contributed by atoms with Gasteiger partial charge >= 0.3 is 0 Å². The van der Waals surface area contributed by atoms with E-state index in [4.69, 9.17) is 26.8 Å². The summed E-state index contributed by atoms with van der Waals surface area (Å²) in [6, 6.07) is 10.3. The molecule has 2 N–H and O–H groups in total. The number of hydrogen-bond donors (Lipinski definition) is 1. The molecule has 25 heavy (non-hydrogen) atoms. The molecular formula is C16H15ClN2O5S. The van der Waals surface area contributed by atoms with E-state index in [0.717, 1.165) is 4.31 Å². The molecule has 0 bridgehead atoms. The van der Waals surface area contributed by atoms with Crippen LogP contribution in [0.15, 0.2) is 47.4 Å². The van der Waals surface area contributed by atoms with Crippen molar-refractivity contribution in [1.29, 1.82) is 0 Å². The Labute approximate surface area is 149 Å². The van der Waals surface area contributed by atoms with Gasteiger partial charge in [0.05, 0.1) is 10.6 Å². The topological polar surface area (TPSA) is 98.9 Å². The van der Waals surface area contributed by atoms with Gasteiger partial charge in [-0.05, 0) is 36.4 Å². The Kier molecular flexibility index (Phi) is 4.73. The monoisotopic (exact) mass is 382 g/mol. The van der Waals surface area contributed by atoms with Crippen molar-refractivity contribution >= 4 is 33.2 Å². The number of nitrogens with zero attached hydrogens (tertiary/aromatic N) is 1. The van der Waals surface area contributed by atoms with Crippen molar-refractivity contribution in [1.82, 2.24) is 0 Å². The van der Waals surface area contributed by atoms with E-state index in [1.807, 2.05) is 0 Å². The average Bonchev–Trinajstić information content (AvgIpc) is 2.60. The van der Waals surface area contributed by atoms with E-state index in [1.54, 1.807) is 0 Å². The summed E-state index contributed by atoms with van der Waals surface area (Å²) in [4.78, 5) is 11.4. The fraction of sp³-hybridized carbons (Fsp3) is 0.188. The van der Waals surface area contributed by atoms with Gasteiger partial charge in [0.2, 0.25) is 5.91 Å². The lowest BCUT2D eigenvalue weighted by Crippen LogP contribution is -2.38. The van der Waals surface area contributed by atoms with Crippen LogP contribution in [0.1, 0.15) is 0 Å². The Morgan fingerprint density at radius 2 is 1.72 bits per heavy atom. The summed E-state index contributed by atoms with van der Waals surface area (Å²) in [7, 11) is -4.04. The molecule has 0 fully saturated rings. The number of fused-ring (bicyclic) bond motifs is 1. The van der Waals surface area contributed by atoms with Crippen molar-refractivity contribution < 1.29 is 22.7 Å². The summed E-state index contributed by atoms with van der Waals surface area (Å²) >= 11 is 5.84. The standard InChI is InChI=1S/C16H15ClN2O5S/c17-11-1-3-12(4-2-11)19(10-16(18)20)25(21,22)13-5-6-14-15(9-13)24-8-7-23-14/h1-6,9H,7-8,10H2,(H2,18,20). The Morgan fingerprint density at radius 1 is 1.08 bits per heavy atom. The van der Waals surface area contributed by atoms with Gasteiger partial charge in [0.1, 0.15) is 19.8 Å². The number of sulfonamides is 1. The second-order valence-electron chi connectivity index (χ2n) is 5.26. The molecule has 0 atom stereocenters. The highest BCUT2D eigenvalue weighted by Crippen LogP contribution is 2.34. The molecule has 0 aliphatic carbocycles. The number of rotatable bonds is 5. The summed E-state index contributed by atoms with van der Waals surface area (Å²) in [6.07, 6.45) is 0. The fourth-order valence-corrected chi connectivity index (χ4v) is 3.95. The first-order chi connectivity index (χ1) is 11.9. The Bertz CT molecular complexity index is 899. The molecule has 0 saturated heterocycles. The van der Waals surface area contributed by atoms with E-state index in [1.165, 1.54) is 42.5 Å². The number of anilines is 1. The third kappa shape index (κ3) is 3.64. The van der Waals surface area contributed by atoms with Gasteiger partial charge < -0.3 is 15.2 Å². The normalized spacial score (nSPS) is 13.3. The van der Waals surface area contributed by atoms with Crippen LogP contribution in [-0.2, 0) is 14.8 Å². The lowest BCUT2D eigenvalue weighted by molar-refractivity contribution is -0.116. The van der Waals surface area contributed by atoms with E-state index in [9.17, 15) is 13.2 Å². The zero-order valence-electron chi connectivity index (χ0n) is 13.0. The Balaban J connectivity index is 2.04. The van der Waals surface area contributed by atoms with E-state index in [-0.39, 0.29) is 10.6 Å². The Hall–Kier alpha value is -2.45. The van der Waals surface area contributed by atoms with Gasteiger partial charge in [-0.2, -0.15) is 0 Å². The smallest absolute Gasteiger partial charge is 0.264 e. The second kappa shape index (κ2) is 6.81. The maximum atomic E-state index is 13.0. The first-order valence-electron chi connectivity index (χ1n) is 7.34. The molecular weight excluding hydrogens is 368 g/mol. The lowest BCUT2D eigenvalue weighted by atomic mass is 10.3. The lowest BCUT2D eigenvalue weighted by Gasteiger charge is -2.24. The predicted octanol–water partition coefficient (Wildman–Crippen LogP) is 1.79. The largest absolute Gasteiger partial charge is 0.486 e. The van der Waals surface area contributed by atoms with E-state index in [0.29, 0.717) is 29.7 Å². The van der Waals surface area contributed by atoms with Crippen LogP contribution in [0.25, 0.3) is 0 Å². The number of halogens is 1. The fourth-order valence-electron chi connectivity index (χ4n) is 2.38. The van der Waals surface area contributed by atoms with Crippen LogP contribution in [0.2, 0.25) is 5.02 Å². The summed E-state index contributed by atoms with van der Waals surface area (Å²) < 4.78 is 37.8. The van der Waals surface area contributed by atoms with Crippen LogP contribution in [0.3, 0.4) is 0 Å². The summed E-state index contributed by atoms with van der Waals surface area (Å²) in [5.41, 5.74) is 5.51. The molecule has 1 heterocycles. The first kappa shape index (κ1) is 17.4. The molecule has 0 unspecified atom stereocenters. The molecule has 132 valence electrons. The van der Waals surface area contributed by atoms with Crippen molar-refractivity contribution in [2.75, 3.05) is 24.1 Å². The molecule has 9 heteroatoms. The molecule has 2 aromatic rings. The zero-order valence-corrected chi connectivity index (χ0v) is 14.6. The first-order valence-corrected chi connectivity index (χ1v) is 9.16. The SMILES string of the molecule is NC(=O)CN(c1ccc(Cl)cc1)S(=O)(=O)c1ccc2c(c1)OCCO2. The quantitative estimate of drug-likeness (QED) is 0.849. The number of primary amides is 1. The van der Waals surface area contributed by atoms with Gasteiger partial charge in [-0.3, -0.25) is 9.10 Å². The maximum Gasteiger partial charge on any atom is 0.264 e. The van der Waals surface area contributed by atoms with Crippen LogP contribution in [0.5, 0.6) is 11.5 Å². The van der Waals surface area contributed by atoms with Crippen LogP contribution in [0, 0.1) is 0 Å². The van der Waals surface area contributed by atoms with Crippen molar-refractivity contribution in [3.8, 4) is 11.5 Å². The molecule has 1 amide bonds. The van der Waals surface area contributed by atoms with Crippen molar-refractivity contribution in [2.45, 2.75) is 4.90 Å². The summed E-state index contributed by atoms with van der Waals surface area (Å²) in [5.74, 6) is 0.0247. The molecule has 0 aromatic heterocycles. The highest BCUT2D eigenvalue weighted by molar-refractivity contribution is 7.92. The van der Waals surface area contributed by atoms with Crippen molar-refractivity contribution in [2.24, 2.45) is 5.73 Å². The minimum Gasteiger partial charge on any atom is -0.486 e.